The fraction of sp³-hybridized carbons (Fsp3) is 0.294. The number of carbonyl (C=O) groups is 1. The van der Waals surface area contributed by atoms with Crippen LogP contribution in [0.2, 0.25) is 0 Å². The molecule has 2 aromatic rings. The highest BCUT2D eigenvalue weighted by molar-refractivity contribution is 5.97. The average molecular weight is 356 g/mol. The molecule has 1 aliphatic carbocycles. The van der Waals surface area contributed by atoms with Crippen molar-refractivity contribution in [1.29, 1.82) is 0 Å². The van der Waals surface area contributed by atoms with Crippen molar-refractivity contribution in [2.75, 3.05) is 11.1 Å². The summed E-state index contributed by atoms with van der Waals surface area (Å²) in [7, 11) is 0. The molecule has 4 rings (SSSR count). The van der Waals surface area contributed by atoms with Crippen LogP contribution >= 0.6 is 0 Å². The standard InChI is InChI=1S/C17H17FN6O2/c1-9-5-11(22-13-6-12(19)20-8-21-13)16(26)24-14(9)15(25)23-17(24)4-2-3-10(18)7-17/h2,4-6,8,10H,3,7H2,1H3,(H,23,25)(H3,19,20,21,22). The van der Waals surface area contributed by atoms with E-state index >= 15 is 0 Å². The number of allylic oxidation sites excluding steroid dienone is 1. The number of nitrogen functional groups attached to an aromatic ring is 1. The molecule has 4 N–H and O–H groups in total. The Kier molecular flexibility index (Phi) is 3.53. The molecule has 2 unspecified atom stereocenters. The van der Waals surface area contributed by atoms with Gasteiger partial charge in [0.1, 0.15) is 41.2 Å². The zero-order valence-electron chi connectivity index (χ0n) is 14.0. The van der Waals surface area contributed by atoms with E-state index in [2.05, 4.69) is 20.6 Å². The van der Waals surface area contributed by atoms with Crippen LogP contribution < -0.4 is 21.9 Å². The molecule has 0 bridgehead atoms. The van der Waals surface area contributed by atoms with E-state index in [0.717, 1.165) is 0 Å². The number of carbonyl (C=O) groups excluding carboxylic acids is 1. The number of nitrogens with zero attached hydrogens (tertiary/aromatic N) is 3. The van der Waals surface area contributed by atoms with Gasteiger partial charge in [-0.3, -0.25) is 14.2 Å². The zero-order valence-corrected chi connectivity index (χ0v) is 14.0. The fourth-order valence-corrected chi connectivity index (χ4v) is 3.54. The third kappa shape index (κ3) is 2.43. The van der Waals surface area contributed by atoms with Crippen molar-refractivity contribution in [2.24, 2.45) is 0 Å². The van der Waals surface area contributed by atoms with Gasteiger partial charge in [-0.15, -0.1) is 0 Å². The third-order valence-electron chi connectivity index (χ3n) is 4.60. The van der Waals surface area contributed by atoms with E-state index in [1.54, 1.807) is 25.1 Å². The van der Waals surface area contributed by atoms with Crippen LogP contribution in [0.15, 0.2) is 35.4 Å². The number of aromatic nitrogens is 3. The summed E-state index contributed by atoms with van der Waals surface area (Å²) in [6, 6.07) is 3.06. The van der Waals surface area contributed by atoms with Gasteiger partial charge in [0.2, 0.25) is 0 Å². The maximum absolute atomic E-state index is 14.1. The molecule has 9 heteroatoms. The van der Waals surface area contributed by atoms with Gasteiger partial charge < -0.3 is 16.4 Å². The quantitative estimate of drug-likeness (QED) is 0.700. The van der Waals surface area contributed by atoms with Gasteiger partial charge in [0.05, 0.1) is 0 Å². The van der Waals surface area contributed by atoms with E-state index < -0.39 is 23.3 Å². The minimum Gasteiger partial charge on any atom is -0.384 e. The molecule has 0 saturated heterocycles. The van der Waals surface area contributed by atoms with E-state index in [1.165, 1.54) is 17.0 Å². The molecule has 0 fully saturated rings. The van der Waals surface area contributed by atoms with Crippen LogP contribution in [0, 0.1) is 6.92 Å². The molecule has 0 radical (unpaired) electrons. The lowest BCUT2D eigenvalue weighted by Gasteiger charge is -2.32. The highest BCUT2D eigenvalue weighted by Gasteiger charge is 2.45. The van der Waals surface area contributed by atoms with Gasteiger partial charge in [0.25, 0.3) is 11.5 Å². The molecule has 134 valence electrons. The van der Waals surface area contributed by atoms with Crippen molar-refractivity contribution in [2.45, 2.75) is 31.6 Å². The normalized spacial score (nSPS) is 23.8. The zero-order chi connectivity index (χ0) is 18.5. The van der Waals surface area contributed by atoms with Crippen molar-refractivity contribution in [3.8, 4) is 0 Å². The average Bonchev–Trinajstić information content (AvgIpc) is 2.84. The molecular formula is C17H17FN6O2. The Morgan fingerprint density at radius 2 is 2.19 bits per heavy atom. The fourth-order valence-electron chi connectivity index (χ4n) is 3.54. The SMILES string of the molecule is Cc1cc(Nc2cc(N)ncn2)c(=O)n2c1C(=O)NC21C=CCC(F)C1. The Labute approximate surface area is 148 Å². The van der Waals surface area contributed by atoms with Crippen LogP contribution in [-0.4, -0.2) is 26.6 Å². The number of pyridine rings is 1. The van der Waals surface area contributed by atoms with Crippen molar-refractivity contribution >= 4 is 23.2 Å². The first kappa shape index (κ1) is 16.2. The van der Waals surface area contributed by atoms with Crippen molar-refractivity contribution in [1.82, 2.24) is 19.9 Å². The molecule has 0 aromatic carbocycles. The van der Waals surface area contributed by atoms with Gasteiger partial charge >= 0.3 is 0 Å². The van der Waals surface area contributed by atoms with Crippen LogP contribution in [0.25, 0.3) is 0 Å². The summed E-state index contributed by atoms with van der Waals surface area (Å²) in [6.07, 6.45) is 3.74. The molecular weight excluding hydrogens is 339 g/mol. The van der Waals surface area contributed by atoms with Gasteiger partial charge in [0.15, 0.2) is 0 Å². The summed E-state index contributed by atoms with van der Waals surface area (Å²) < 4.78 is 15.4. The number of nitrogens with two attached hydrogens (primary N) is 1. The number of hydrogen-bond donors (Lipinski definition) is 3. The molecule has 2 aromatic heterocycles. The van der Waals surface area contributed by atoms with E-state index in [4.69, 9.17) is 5.73 Å². The molecule has 26 heavy (non-hydrogen) atoms. The summed E-state index contributed by atoms with van der Waals surface area (Å²) in [5, 5.41) is 5.68. The summed E-state index contributed by atoms with van der Waals surface area (Å²) >= 11 is 0. The van der Waals surface area contributed by atoms with Crippen LogP contribution in [0.4, 0.5) is 21.7 Å². The van der Waals surface area contributed by atoms with Crippen LogP contribution in [-0.2, 0) is 5.66 Å². The highest BCUT2D eigenvalue weighted by Crippen LogP contribution is 2.35. The number of alkyl halides is 1. The number of hydrogen-bond acceptors (Lipinski definition) is 6. The Balaban J connectivity index is 1.87. The van der Waals surface area contributed by atoms with E-state index in [9.17, 15) is 14.0 Å². The van der Waals surface area contributed by atoms with Crippen LogP contribution in [0.5, 0.6) is 0 Å². The first-order valence-electron chi connectivity index (χ1n) is 8.15. The van der Waals surface area contributed by atoms with E-state index in [-0.39, 0.29) is 30.0 Å². The van der Waals surface area contributed by atoms with E-state index in [1.807, 2.05) is 0 Å². The number of aryl methyl sites for hydroxylation is 1. The van der Waals surface area contributed by atoms with Gasteiger partial charge in [-0.1, -0.05) is 6.08 Å². The number of amides is 1. The van der Waals surface area contributed by atoms with Crippen molar-refractivity contribution in [3.05, 3.63) is 52.2 Å². The first-order valence-corrected chi connectivity index (χ1v) is 8.15. The molecule has 1 aliphatic heterocycles. The molecule has 2 aliphatic rings. The second-order valence-corrected chi connectivity index (χ2v) is 6.50. The monoisotopic (exact) mass is 356 g/mol. The van der Waals surface area contributed by atoms with Gasteiger partial charge in [-0.05, 0) is 31.1 Å². The maximum atomic E-state index is 14.1. The molecule has 0 saturated carbocycles. The number of anilines is 3. The third-order valence-corrected chi connectivity index (χ3v) is 4.60. The van der Waals surface area contributed by atoms with Crippen LogP contribution in [0.1, 0.15) is 28.9 Å². The molecule has 8 nitrogen and oxygen atoms in total. The number of rotatable bonds is 2. The summed E-state index contributed by atoms with van der Waals surface area (Å²) in [6.45, 7) is 1.73. The van der Waals surface area contributed by atoms with Crippen LogP contribution in [0.3, 0.4) is 0 Å². The lowest BCUT2D eigenvalue weighted by molar-refractivity contribution is 0.0915. The largest absolute Gasteiger partial charge is 0.384 e. The Morgan fingerprint density at radius 1 is 1.38 bits per heavy atom. The number of fused-ring (bicyclic) bond motifs is 2. The second-order valence-electron chi connectivity index (χ2n) is 6.50. The lowest BCUT2D eigenvalue weighted by Crippen LogP contribution is -2.49. The highest BCUT2D eigenvalue weighted by atomic mass is 19.1. The van der Waals surface area contributed by atoms with Gasteiger partial charge in [0, 0.05) is 12.5 Å². The minimum absolute atomic E-state index is 0.00545. The molecule has 1 spiro atoms. The van der Waals surface area contributed by atoms with Crippen molar-refractivity contribution in [3.63, 3.8) is 0 Å². The predicted molar refractivity (Wildman–Crippen MR) is 93.9 cm³/mol. The maximum Gasteiger partial charge on any atom is 0.277 e. The topological polar surface area (TPSA) is 115 Å². The summed E-state index contributed by atoms with van der Waals surface area (Å²) in [4.78, 5) is 33.4. The summed E-state index contributed by atoms with van der Waals surface area (Å²) in [5.74, 6) is 0.212. The number of halogens is 1. The minimum atomic E-state index is -1.19. The lowest BCUT2D eigenvalue weighted by atomic mass is 9.94. The summed E-state index contributed by atoms with van der Waals surface area (Å²) in [5.41, 5.74) is 5.05. The smallest absolute Gasteiger partial charge is 0.277 e. The Hall–Kier alpha value is -3.23. The first-order chi connectivity index (χ1) is 12.4. The van der Waals surface area contributed by atoms with Crippen molar-refractivity contribution < 1.29 is 9.18 Å². The second kappa shape index (κ2) is 5.65. The molecule has 2 atom stereocenters. The Bertz CT molecular complexity index is 1000. The number of nitrogens with one attached hydrogen (secondary N) is 2. The predicted octanol–water partition coefficient (Wildman–Crippen LogP) is 1.36. The molecule has 1 amide bonds. The van der Waals surface area contributed by atoms with E-state index in [0.29, 0.717) is 11.4 Å². The molecule has 3 heterocycles. The van der Waals surface area contributed by atoms with Gasteiger partial charge in [-0.2, -0.15) is 0 Å². The Morgan fingerprint density at radius 3 is 2.92 bits per heavy atom. The van der Waals surface area contributed by atoms with Gasteiger partial charge in [-0.25, -0.2) is 14.4 Å².